The van der Waals surface area contributed by atoms with E-state index < -0.39 is 0 Å². The van der Waals surface area contributed by atoms with Gasteiger partial charge in [0.25, 0.3) is 0 Å². The van der Waals surface area contributed by atoms with Crippen LogP contribution in [-0.4, -0.2) is 15.8 Å². The average Bonchev–Trinajstić information content (AvgIpc) is 2.90. The van der Waals surface area contributed by atoms with Crippen LogP contribution < -0.4 is 5.32 Å². The molecule has 2 aromatic heterocycles. The van der Waals surface area contributed by atoms with Gasteiger partial charge < -0.3 is 9.73 Å². The van der Waals surface area contributed by atoms with Crippen LogP contribution in [0.1, 0.15) is 24.2 Å². The van der Waals surface area contributed by atoms with E-state index in [1.54, 1.807) is 23.3 Å². The molecular formula is C12H14ClN3O. The number of nitrogens with one attached hydrogen (secondary N) is 1. The predicted octanol–water partition coefficient (Wildman–Crippen LogP) is 2.43. The van der Waals surface area contributed by atoms with Crippen molar-refractivity contribution in [3.05, 3.63) is 41.1 Å². The summed E-state index contributed by atoms with van der Waals surface area (Å²) in [7, 11) is 0. The lowest BCUT2D eigenvalue weighted by Crippen LogP contribution is -2.14. The minimum atomic E-state index is 0.621. The average molecular weight is 252 g/mol. The highest BCUT2D eigenvalue weighted by Gasteiger charge is 2.20. The molecule has 90 valence electrons. The van der Waals surface area contributed by atoms with Gasteiger partial charge in [0.2, 0.25) is 0 Å². The molecule has 4 nitrogen and oxygen atoms in total. The van der Waals surface area contributed by atoms with Crippen molar-refractivity contribution >= 4 is 11.6 Å². The molecule has 1 saturated carbocycles. The van der Waals surface area contributed by atoms with Gasteiger partial charge in [0, 0.05) is 24.3 Å². The molecule has 0 spiro atoms. The fourth-order valence-electron chi connectivity index (χ4n) is 1.74. The molecule has 0 radical (unpaired) electrons. The van der Waals surface area contributed by atoms with Crippen molar-refractivity contribution in [3.8, 4) is 0 Å². The van der Waals surface area contributed by atoms with Gasteiger partial charge in [-0.05, 0) is 18.9 Å². The molecule has 17 heavy (non-hydrogen) atoms. The second-order valence-corrected chi connectivity index (χ2v) is 4.87. The summed E-state index contributed by atoms with van der Waals surface area (Å²) in [6, 6.07) is 2.78. The van der Waals surface area contributed by atoms with Crippen LogP contribution in [0.4, 0.5) is 0 Å². The van der Waals surface area contributed by atoms with Crippen LogP contribution in [0.3, 0.4) is 0 Å². The summed E-state index contributed by atoms with van der Waals surface area (Å²) in [4.78, 5) is 0. The Morgan fingerprint density at radius 3 is 3.12 bits per heavy atom. The quantitative estimate of drug-likeness (QED) is 0.888. The van der Waals surface area contributed by atoms with Crippen LogP contribution in [0.25, 0.3) is 0 Å². The maximum absolute atomic E-state index is 5.80. The second kappa shape index (κ2) is 4.55. The SMILES string of the molecule is Clc1cnn(Cc2cc(CNC3CC3)co2)c1. The molecular weight excluding hydrogens is 238 g/mol. The first-order valence-corrected chi connectivity index (χ1v) is 6.15. The summed E-state index contributed by atoms with van der Waals surface area (Å²) >= 11 is 5.80. The van der Waals surface area contributed by atoms with Crippen LogP contribution in [0.15, 0.2) is 29.1 Å². The summed E-state index contributed by atoms with van der Waals surface area (Å²) in [5.74, 6) is 0.900. The van der Waals surface area contributed by atoms with Crippen LogP contribution >= 0.6 is 11.6 Å². The highest BCUT2D eigenvalue weighted by Crippen LogP contribution is 2.19. The highest BCUT2D eigenvalue weighted by molar-refractivity contribution is 6.30. The van der Waals surface area contributed by atoms with Gasteiger partial charge in [-0.3, -0.25) is 4.68 Å². The van der Waals surface area contributed by atoms with E-state index in [1.165, 1.54) is 18.4 Å². The van der Waals surface area contributed by atoms with E-state index in [0.717, 1.165) is 18.3 Å². The third-order valence-electron chi connectivity index (χ3n) is 2.80. The number of furan rings is 1. The molecule has 1 aliphatic carbocycles. The van der Waals surface area contributed by atoms with Crippen molar-refractivity contribution in [2.45, 2.75) is 32.0 Å². The Kier molecular flexibility index (Phi) is 2.91. The minimum Gasteiger partial charge on any atom is -0.467 e. The highest BCUT2D eigenvalue weighted by atomic mass is 35.5. The molecule has 0 amide bonds. The maximum Gasteiger partial charge on any atom is 0.125 e. The Labute approximate surface area is 105 Å². The molecule has 0 aliphatic heterocycles. The third-order valence-corrected chi connectivity index (χ3v) is 3.00. The fourth-order valence-corrected chi connectivity index (χ4v) is 1.89. The van der Waals surface area contributed by atoms with Crippen LogP contribution in [0, 0.1) is 0 Å². The van der Waals surface area contributed by atoms with Gasteiger partial charge in [-0.15, -0.1) is 0 Å². The largest absolute Gasteiger partial charge is 0.467 e. The van der Waals surface area contributed by atoms with Crippen LogP contribution in [0.5, 0.6) is 0 Å². The number of rotatable bonds is 5. The molecule has 2 aromatic rings. The lowest BCUT2D eigenvalue weighted by molar-refractivity contribution is 0.478. The Morgan fingerprint density at radius 1 is 1.53 bits per heavy atom. The van der Waals surface area contributed by atoms with E-state index in [0.29, 0.717) is 11.6 Å². The predicted molar refractivity (Wildman–Crippen MR) is 64.9 cm³/mol. The first-order valence-electron chi connectivity index (χ1n) is 5.77. The lowest BCUT2D eigenvalue weighted by Gasteiger charge is -1.97. The van der Waals surface area contributed by atoms with Gasteiger partial charge >= 0.3 is 0 Å². The van der Waals surface area contributed by atoms with E-state index in [9.17, 15) is 0 Å². The molecule has 0 unspecified atom stereocenters. The summed E-state index contributed by atoms with van der Waals surface area (Å²) in [6.07, 6.45) is 7.81. The van der Waals surface area contributed by atoms with Gasteiger partial charge in [0.15, 0.2) is 0 Å². The molecule has 2 heterocycles. The minimum absolute atomic E-state index is 0.621. The maximum atomic E-state index is 5.80. The summed E-state index contributed by atoms with van der Waals surface area (Å²) in [6.45, 7) is 1.50. The standard InChI is InChI=1S/C12H14ClN3O/c13-10-5-15-16(6-10)7-12-3-9(8-17-12)4-14-11-1-2-11/h3,5-6,8,11,14H,1-2,4,7H2. The monoisotopic (exact) mass is 251 g/mol. The molecule has 5 heteroatoms. The van der Waals surface area contributed by atoms with Crippen LogP contribution in [-0.2, 0) is 13.1 Å². The van der Waals surface area contributed by atoms with Crippen molar-refractivity contribution < 1.29 is 4.42 Å². The molecule has 0 bridgehead atoms. The normalized spacial score (nSPS) is 15.4. The third kappa shape index (κ3) is 2.90. The van der Waals surface area contributed by atoms with E-state index in [1.807, 2.05) is 0 Å². The van der Waals surface area contributed by atoms with Gasteiger partial charge in [-0.2, -0.15) is 5.10 Å². The number of aromatic nitrogens is 2. The van der Waals surface area contributed by atoms with Crippen molar-refractivity contribution in [1.29, 1.82) is 0 Å². The first-order chi connectivity index (χ1) is 8.29. The van der Waals surface area contributed by atoms with Gasteiger partial charge in [-0.1, -0.05) is 11.6 Å². The number of nitrogens with zero attached hydrogens (tertiary/aromatic N) is 2. The molecule has 1 aliphatic rings. The summed E-state index contributed by atoms with van der Waals surface area (Å²) < 4.78 is 7.25. The van der Waals surface area contributed by atoms with E-state index in [2.05, 4.69) is 16.5 Å². The van der Waals surface area contributed by atoms with Crippen molar-refractivity contribution in [2.75, 3.05) is 0 Å². The Morgan fingerprint density at radius 2 is 2.41 bits per heavy atom. The molecule has 3 rings (SSSR count). The Bertz CT molecular complexity index is 501. The van der Waals surface area contributed by atoms with Crippen molar-refractivity contribution in [2.24, 2.45) is 0 Å². The number of hydrogen-bond donors (Lipinski definition) is 1. The fraction of sp³-hybridized carbons (Fsp3) is 0.417. The van der Waals surface area contributed by atoms with Gasteiger partial charge in [0.1, 0.15) is 5.76 Å². The van der Waals surface area contributed by atoms with Gasteiger partial charge in [-0.25, -0.2) is 0 Å². The Balaban J connectivity index is 1.59. The molecule has 0 aromatic carbocycles. The smallest absolute Gasteiger partial charge is 0.125 e. The topological polar surface area (TPSA) is 43.0 Å². The van der Waals surface area contributed by atoms with E-state index >= 15 is 0 Å². The van der Waals surface area contributed by atoms with Crippen LogP contribution in [0.2, 0.25) is 5.02 Å². The second-order valence-electron chi connectivity index (χ2n) is 4.43. The first kappa shape index (κ1) is 10.9. The summed E-state index contributed by atoms with van der Waals surface area (Å²) in [5.41, 5.74) is 1.19. The molecule has 0 atom stereocenters. The summed E-state index contributed by atoms with van der Waals surface area (Å²) in [5, 5.41) is 8.21. The zero-order chi connectivity index (χ0) is 11.7. The lowest BCUT2D eigenvalue weighted by atomic mass is 10.3. The van der Waals surface area contributed by atoms with Crippen molar-refractivity contribution in [1.82, 2.24) is 15.1 Å². The Hall–Kier alpha value is -1.26. The van der Waals surface area contributed by atoms with E-state index in [4.69, 9.17) is 16.0 Å². The molecule has 1 N–H and O–H groups in total. The number of halogens is 1. The zero-order valence-electron chi connectivity index (χ0n) is 9.40. The van der Waals surface area contributed by atoms with Gasteiger partial charge in [0.05, 0.1) is 24.0 Å². The molecule has 1 fully saturated rings. The zero-order valence-corrected chi connectivity index (χ0v) is 10.2. The van der Waals surface area contributed by atoms with E-state index in [-0.39, 0.29) is 0 Å². The number of hydrogen-bond acceptors (Lipinski definition) is 3. The molecule has 0 saturated heterocycles. The van der Waals surface area contributed by atoms with Crippen molar-refractivity contribution in [3.63, 3.8) is 0 Å².